The minimum atomic E-state index is 0. The summed E-state index contributed by atoms with van der Waals surface area (Å²) in [6.07, 6.45) is 0. The van der Waals surface area contributed by atoms with Crippen LogP contribution in [0.5, 0.6) is 0 Å². The number of nitrogens with zero attached hydrogens (tertiary/aromatic N) is 2. The van der Waals surface area contributed by atoms with Crippen molar-refractivity contribution < 1.29 is 20.1 Å². The summed E-state index contributed by atoms with van der Waals surface area (Å²) in [4.78, 5) is 4.94. The van der Waals surface area contributed by atoms with E-state index < -0.39 is 0 Å². The molecule has 26 heavy (non-hydrogen) atoms. The molecule has 0 fully saturated rings. The minimum absolute atomic E-state index is 0. The van der Waals surface area contributed by atoms with Crippen molar-refractivity contribution in [2.24, 2.45) is 0 Å². The predicted octanol–water partition coefficient (Wildman–Crippen LogP) is 5.64. The average molecular weight is 512 g/mol. The predicted molar refractivity (Wildman–Crippen MR) is 103 cm³/mol. The Labute approximate surface area is 165 Å². The van der Waals surface area contributed by atoms with Gasteiger partial charge < -0.3 is 4.57 Å². The Morgan fingerprint density at radius 2 is 1.50 bits per heavy atom. The van der Waals surface area contributed by atoms with E-state index in [0.29, 0.717) is 0 Å². The Bertz CT molecular complexity index is 1180. The Balaban J connectivity index is 0.00000168. The number of para-hydroxylation sites is 1. The zero-order chi connectivity index (χ0) is 16.6. The molecular weight excluding hydrogens is 496 g/mol. The summed E-state index contributed by atoms with van der Waals surface area (Å²) < 4.78 is 2.24. The van der Waals surface area contributed by atoms with Crippen LogP contribution >= 0.6 is 0 Å². The van der Waals surface area contributed by atoms with Crippen LogP contribution in [0.2, 0.25) is 0 Å². The number of rotatable bonds is 2. The van der Waals surface area contributed by atoms with Gasteiger partial charge in [0.15, 0.2) is 0 Å². The third kappa shape index (κ3) is 2.66. The molecule has 5 rings (SSSR count). The molecule has 1 heterocycles. The number of hydrogen-bond acceptors (Lipinski definition) is 1. The fourth-order valence-corrected chi connectivity index (χ4v) is 3.38. The van der Waals surface area contributed by atoms with Gasteiger partial charge >= 0.3 is 0 Å². The third-order valence-corrected chi connectivity index (χ3v) is 4.51. The van der Waals surface area contributed by atoms with Gasteiger partial charge in [0, 0.05) is 31.2 Å². The van der Waals surface area contributed by atoms with Gasteiger partial charge in [-0.3, -0.25) is 4.98 Å². The number of aromatic nitrogens is 2. The van der Waals surface area contributed by atoms with Gasteiger partial charge in [0.05, 0.1) is 16.9 Å². The zero-order valence-corrected chi connectivity index (χ0v) is 16.3. The van der Waals surface area contributed by atoms with Gasteiger partial charge in [-0.15, -0.1) is 35.9 Å². The van der Waals surface area contributed by atoms with Crippen molar-refractivity contribution in [3.63, 3.8) is 0 Å². The summed E-state index contributed by atoms with van der Waals surface area (Å²) in [6, 6.07) is 34.4. The van der Waals surface area contributed by atoms with E-state index in [1.165, 1.54) is 10.8 Å². The molecule has 1 radical (unpaired) electrons. The second-order valence-electron chi connectivity index (χ2n) is 6.04. The first-order chi connectivity index (χ1) is 12.4. The monoisotopic (exact) mass is 512 g/mol. The second kappa shape index (κ2) is 6.87. The van der Waals surface area contributed by atoms with E-state index in [-0.39, 0.29) is 20.1 Å². The van der Waals surface area contributed by atoms with Gasteiger partial charge in [0.1, 0.15) is 0 Å². The second-order valence-corrected chi connectivity index (χ2v) is 6.04. The van der Waals surface area contributed by atoms with Gasteiger partial charge in [-0.2, -0.15) is 0 Å². The van der Waals surface area contributed by atoms with Gasteiger partial charge in [0.2, 0.25) is 0 Å². The molecule has 0 unspecified atom stereocenters. The quantitative estimate of drug-likeness (QED) is 0.281. The standard InChI is InChI=1S/C23H15N2.Ir/c1-3-10-18(11-4-1)23-24-21-16-15-17-9-7-8-14-20(17)22(21)25(23)19-12-5-2-6-13-19;/h1-10,12-16H;/q-1;. The van der Waals surface area contributed by atoms with Crippen molar-refractivity contribution >= 4 is 21.8 Å². The molecule has 0 atom stereocenters. The van der Waals surface area contributed by atoms with Crippen molar-refractivity contribution in [3.8, 4) is 17.1 Å². The van der Waals surface area contributed by atoms with Crippen LogP contribution in [0, 0.1) is 6.07 Å². The SMILES string of the molecule is [Ir].[c-]1ccccc1-c1nc2ccc3ccccc3c2n1-c1ccccc1. The average Bonchev–Trinajstić information content (AvgIpc) is 3.09. The normalized spacial score (nSPS) is 10.8. The van der Waals surface area contributed by atoms with E-state index in [2.05, 4.69) is 77.4 Å². The van der Waals surface area contributed by atoms with Crippen molar-refractivity contribution in [2.75, 3.05) is 0 Å². The molecule has 0 aliphatic rings. The molecule has 0 aliphatic carbocycles. The van der Waals surface area contributed by atoms with Crippen LogP contribution in [-0.4, -0.2) is 9.55 Å². The maximum absolute atomic E-state index is 4.94. The van der Waals surface area contributed by atoms with Crippen molar-refractivity contribution in [2.45, 2.75) is 0 Å². The summed E-state index contributed by atoms with van der Waals surface area (Å²) >= 11 is 0. The molecule has 2 nitrogen and oxygen atoms in total. The summed E-state index contributed by atoms with van der Waals surface area (Å²) in [5.74, 6) is 0.915. The third-order valence-electron chi connectivity index (χ3n) is 4.51. The maximum Gasteiger partial charge on any atom is 0.0781 e. The minimum Gasteiger partial charge on any atom is -0.333 e. The van der Waals surface area contributed by atoms with Gasteiger partial charge in [-0.05, 0) is 23.6 Å². The Hall–Kier alpha value is -2.74. The molecule has 3 heteroatoms. The number of imidazole rings is 1. The van der Waals surface area contributed by atoms with Crippen molar-refractivity contribution in [3.05, 3.63) is 97.1 Å². The summed E-state index contributed by atoms with van der Waals surface area (Å²) in [5.41, 5.74) is 4.23. The number of fused-ring (bicyclic) bond motifs is 3. The Morgan fingerprint density at radius 3 is 2.31 bits per heavy atom. The van der Waals surface area contributed by atoms with Crippen LogP contribution in [0.1, 0.15) is 0 Å². The molecule has 0 N–H and O–H groups in total. The maximum atomic E-state index is 4.94. The van der Waals surface area contributed by atoms with Gasteiger partial charge in [-0.25, -0.2) is 0 Å². The van der Waals surface area contributed by atoms with E-state index in [0.717, 1.165) is 28.1 Å². The van der Waals surface area contributed by atoms with Crippen LogP contribution in [-0.2, 0) is 20.1 Å². The summed E-state index contributed by atoms with van der Waals surface area (Å²) in [6.45, 7) is 0. The van der Waals surface area contributed by atoms with Crippen LogP contribution in [0.4, 0.5) is 0 Å². The zero-order valence-electron chi connectivity index (χ0n) is 13.9. The Kier molecular flexibility index (Phi) is 4.42. The van der Waals surface area contributed by atoms with Gasteiger partial charge in [0.25, 0.3) is 0 Å². The molecule has 0 saturated carbocycles. The molecule has 0 aliphatic heterocycles. The molecule has 0 bridgehead atoms. The molecule has 0 saturated heterocycles. The molecule has 5 aromatic rings. The largest absolute Gasteiger partial charge is 0.333 e. The molecule has 0 spiro atoms. The smallest absolute Gasteiger partial charge is 0.0781 e. The van der Waals surface area contributed by atoms with E-state index in [4.69, 9.17) is 4.98 Å². The fraction of sp³-hybridized carbons (Fsp3) is 0. The molecule has 127 valence electrons. The summed E-state index contributed by atoms with van der Waals surface area (Å²) in [7, 11) is 0. The van der Waals surface area contributed by atoms with Crippen LogP contribution in [0.25, 0.3) is 38.9 Å². The van der Waals surface area contributed by atoms with Crippen LogP contribution in [0.15, 0.2) is 91.0 Å². The molecule has 4 aromatic carbocycles. The van der Waals surface area contributed by atoms with E-state index in [1.807, 2.05) is 24.3 Å². The summed E-state index contributed by atoms with van der Waals surface area (Å²) in [5, 5.41) is 2.43. The van der Waals surface area contributed by atoms with Crippen LogP contribution in [0.3, 0.4) is 0 Å². The number of hydrogen-bond donors (Lipinski definition) is 0. The first-order valence-electron chi connectivity index (χ1n) is 8.34. The van der Waals surface area contributed by atoms with Crippen molar-refractivity contribution in [1.29, 1.82) is 0 Å². The molecule has 1 aromatic heterocycles. The first-order valence-corrected chi connectivity index (χ1v) is 8.34. The first kappa shape index (κ1) is 16.7. The van der Waals surface area contributed by atoms with E-state index >= 15 is 0 Å². The van der Waals surface area contributed by atoms with Crippen LogP contribution < -0.4 is 0 Å². The topological polar surface area (TPSA) is 17.8 Å². The number of benzene rings is 4. The van der Waals surface area contributed by atoms with Crippen molar-refractivity contribution in [1.82, 2.24) is 9.55 Å². The van der Waals surface area contributed by atoms with Gasteiger partial charge in [-0.1, -0.05) is 48.5 Å². The van der Waals surface area contributed by atoms with E-state index in [1.54, 1.807) is 0 Å². The fourth-order valence-electron chi connectivity index (χ4n) is 3.38. The molecule has 0 amide bonds. The molecular formula is C23H15IrN2-. The van der Waals surface area contributed by atoms with E-state index in [9.17, 15) is 0 Å². The Morgan fingerprint density at radius 1 is 0.731 bits per heavy atom.